The number of nitrogens with zero attached hydrogens (tertiary/aromatic N) is 1. The molecule has 0 radical (unpaired) electrons. The second-order valence-electron chi connectivity index (χ2n) is 4.21. The number of carbonyl (C=O) groups excluding carboxylic acids is 1. The predicted octanol–water partition coefficient (Wildman–Crippen LogP) is 3.99. The van der Waals surface area contributed by atoms with E-state index in [1.165, 1.54) is 18.2 Å². The molecule has 0 N–H and O–H groups in total. The topological polar surface area (TPSA) is 63.6 Å². The van der Waals surface area contributed by atoms with Gasteiger partial charge in [-0.2, -0.15) is 12.8 Å². The third-order valence-corrected chi connectivity index (χ3v) is 6.62. The molecule has 2 rings (SSSR count). The van der Waals surface area contributed by atoms with Gasteiger partial charge in [-0.15, -0.1) is 0 Å². The summed E-state index contributed by atoms with van der Waals surface area (Å²) in [4.78, 5) is 11.8. The fourth-order valence-electron chi connectivity index (χ4n) is 1.52. The Hall–Kier alpha value is -0.570. The predicted molar refractivity (Wildman–Crippen MR) is 92.7 cm³/mol. The van der Waals surface area contributed by atoms with Crippen molar-refractivity contribution in [1.82, 2.24) is 0 Å². The molecule has 0 unspecified atom stereocenters. The highest BCUT2D eigenvalue weighted by Crippen LogP contribution is 2.31. The molecule has 0 aromatic heterocycles. The van der Waals surface area contributed by atoms with Crippen LogP contribution in [-0.2, 0) is 14.8 Å². The SMILES string of the molecule is Cc1ccc(S(=O)(=O)N=C2C=C(Br)C(=O)C(Br)=C2Br)cc1. The van der Waals surface area contributed by atoms with Gasteiger partial charge in [0, 0.05) is 0 Å². The molecule has 8 heteroatoms. The lowest BCUT2D eigenvalue weighted by Gasteiger charge is -2.10. The monoisotopic (exact) mass is 495 g/mol. The molecule has 4 nitrogen and oxygen atoms in total. The molecule has 1 aromatic rings. The summed E-state index contributed by atoms with van der Waals surface area (Å²) in [5.41, 5.74) is 1.10. The quantitative estimate of drug-likeness (QED) is 0.580. The molecule has 1 aliphatic rings. The zero-order chi connectivity index (χ0) is 15.8. The van der Waals surface area contributed by atoms with Gasteiger partial charge < -0.3 is 0 Å². The van der Waals surface area contributed by atoms with Gasteiger partial charge in [0.1, 0.15) is 0 Å². The average Bonchev–Trinajstić information content (AvgIpc) is 2.42. The Bertz CT molecular complexity index is 806. The summed E-state index contributed by atoms with van der Waals surface area (Å²) in [6, 6.07) is 6.39. The van der Waals surface area contributed by atoms with Crippen LogP contribution in [0, 0.1) is 6.92 Å². The van der Waals surface area contributed by atoms with Crippen LogP contribution >= 0.6 is 47.8 Å². The maximum absolute atomic E-state index is 12.3. The van der Waals surface area contributed by atoms with Crippen LogP contribution in [0.5, 0.6) is 0 Å². The smallest absolute Gasteiger partial charge is 0.282 e. The Labute approximate surface area is 147 Å². The first-order chi connectivity index (χ1) is 9.72. The molecule has 0 fully saturated rings. The largest absolute Gasteiger partial charge is 0.287 e. The fraction of sp³-hybridized carbons (Fsp3) is 0.0769. The van der Waals surface area contributed by atoms with Crippen LogP contribution in [0.1, 0.15) is 5.56 Å². The fourth-order valence-corrected chi connectivity index (χ4v) is 4.11. The third-order valence-electron chi connectivity index (χ3n) is 2.63. The number of Topliss-reactive ketones (excluding diaryl/α,β-unsaturated/α-hetero) is 1. The number of carbonyl (C=O) groups is 1. The molecule has 0 saturated carbocycles. The standard InChI is InChI=1S/C13H8Br3NO3S/c1-7-2-4-8(5-3-7)21(19,20)17-10-6-9(14)13(18)12(16)11(10)15/h2-6H,1H3. The van der Waals surface area contributed by atoms with Gasteiger partial charge in [-0.05, 0) is 72.9 Å². The number of hydrogen-bond acceptors (Lipinski definition) is 3. The van der Waals surface area contributed by atoms with Crippen molar-refractivity contribution in [3.8, 4) is 0 Å². The van der Waals surface area contributed by atoms with Crippen LogP contribution in [0.25, 0.3) is 0 Å². The number of halogens is 3. The second-order valence-corrected chi connectivity index (χ2v) is 8.26. The van der Waals surface area contributed by atoms with E-state index in [-0.39, 0.29) is 25.4 Å². The van der Waals surface area contributed by atoms with Gasteiger partial charge in [-0.25, -0.2) is 0 Å². The van der Waals surface area contributed by atoms with Crippen molar-refractivity contribution in [1.29, 1.82) is 0 Å². The molecule has 0 spiro atoms. The Morgan fingerprint density at radius 2 is 1.57 bits per heavy atom. The molecule has 0 amide bonds. The summed E-state index contributed by atoms with van der Waals surface area (Å²) in [6.07, 6.45) is 1.36. The number of benzene rings is 1. The molecule has 110 valence electrons. The highest BCUT2D eigenvalue weighted by atomic mass is 79.9. The van der Waals surface area contributed by atoms with E-state index < -0.39 is 10.0 Å². The minimum absolute atomic E-state index is 0.0958. The normalized spacial score (nSPS) is 18.2. The zero-order valence-electron chi connectivity index (χ0n) is 10.6. The van der Waals surface area contributed by atoms with Gasteiger partial charge in [0.25, 0.3) is 10.0 Å². The van der Waals surface area contributed by atoms with E-state index in [4.69, 9.17) is 0 Å². The van der Waals surface area contributed by atoms with Crippen LogP contribution < -0.4 is 0 Å². The average molecular weight is 498 g/mol. The summed E-state index contributed by atoms with van der Waals surface area (Å²) in [5, 5.41) is 0. The maximum Gasteiger partial charge on any atom is 0.282 e. The summed E-state index contributed by atoms with van der Waals surface area (Å²) >= 11 is 9.37. The zero-order valence-corrected chi connectivity index (χ0v) is 16.2. The lowest BCUT2D eigenvalue weighted by Crippen LogP contribution is -2.13. The minimum Gasteiger partial charge on any atom is -0.287 e. The van der Waals surface area contributed by atoms with E-state index >= 15 is 0 Å². The highest BCUT2D eigenvalue weighted by Gasteiger charge is 2.25. The van der Waals surface area contributed by atoms with Crippen molar-refractivity contribution in [2.45, 2.75) is 11.8 Å². The van der Waals surface area contributed by atoms with E-state index in [0.717, 1.165) is 5.56 Å². The number of ketones is 1. The number of hydrogen-bond donors (Lipinski definition) is 0. The van der Waals surface area contributed by atoms with Gasteiger partial charge in [-0.1, -0.05) is 17.7 Å². The Morgan fingerprint density at radius 1 is 1.00 bits per heavy atom. The molecule has 21 heavy (non-hydrogen) atoms. The molecule has 0 aliphatic heterocycles. The Morgan fingerprint density at radius 3 is 2.14 bits per heavy atom. The van der Waals surface area contributed by atoms with Crippen molar-refractivity contribution in [3.05, 3.63) is 49.4 Å². The first-order valence-electron chi connectivity index (χ1n) is 5.61. The molecule has 0 atom stereocenters. The maximum atomic E-state index is 12.3. The lowest BCUT2D eigenvalue weighted by molar-refractivity contribution is -0.110. The molecular formula is C13H8Br3NO3S. The molecule has 1 aliphatic carbocycles. The molecular weight excluding hydrogens is 490 g/mol. The van der Waals surface area contributed by atoms with Crippen LogP contribution in [0.15, 0.2) is 53.1 Å². The Balaban J connectivity index is 2.52. The number of sulfonamides is 1. The van der Waals surface area contributed by atoms with Gasteiger partial charge in [0.2, 0.25) is 5.78 Å². The molecule has 1 aromatic carbocycles. The number of rotatable bonds is 2. The lowest BCUT2D eigenvalue weighted by atomic mass is 10.2. The van der Waals surface area contributed by atoms with E-state index in [2.05, 4.69) is 52.2 Å². The summed E-state index contributed by atoms with van der Waals surface area (Å²) in [6.45, 7) is 1.87. The second kappa shape index (κ2) is 6.28. The van der Waals surface area contributed by atoms with Crippen molar-refractivity contribution >= 4 is 69.3 Å². The minimum atomic E-state index is -3.85. The van der Waals surface area contributed by atoms with Crippen LogP contribution in [0.3, 0.4) is 0 Å². The van der Waals surface area contributed by atoms with Crippen molar-refractivity contribution < 1.29 is 13.2 Å². The number of aryl methyl sites for hydroxylation is 1. The van der Waals surface area contributed by atoms with Gasteiger partial charge in [-0.3, -0.25) is 4.79 Å². The van der Waals surface area contributed by atoms with Crippen LogP contribution in [0.2, 0.25) is 0 Å². The first kappa shape index (κ1) is 16.8. The van der Waals surface area contributed by atoms with Crippen molar-refractivity contribution in [2.75, 3.05) is 0 Å². The van der Waals surface area contributed by atoms with E-state index in [9.17, 15) is 13.2 Å². The first-order valence-corrected chi connectivity index (χ1v) is 9.43. The van der Waals surface area contributed by atoms with Gasteiger partial charge in [0.05, 0.1) is 24.1 Å². The Kier molecular flexibility index (Phi) is 5.02. The van der Waals surface area contributed by atoms with Crippen molar-refractivity contribution in [3.63, 3.8) is 0 Å². The molecule has 0 bridgehead atoms. The van der Waals surface area contributed by atoms with E-state index in [0.29, 0.717) is 4.48 Å². The van der Waals surface area contributed by atoms with Crippen LogP contribution in [0.4, 0.5) is 0 Å². The van der Waals surface area contributed by atoms with E-state index in [1.54, 1.807) is 12.1 Å². The number of allylic oxidation sites excluding steroid dienone is 4. The highest BCUT2D eigenvalue weighted by molar-refractivity contribution is 9.15. The summed E-state index contributed by atoms with van der Waals surface area (Å²) in [7, 11) is -3.85. The molecule has 0 heterocycles. The van der Waals surface area contributed by atoms with Gasteiger partial charge >= 0.3 is 0 Å². The van der Waals surface area contributed by atoms with Crippen molar-refractivity contribution in [2.24, 2.45) is 4.40 Å². The summed E-state index contributed by atoms with van der Waals surface area (Å²) < 4.78 is 29.1. The third kappa shape index (κ3) is 3.61. The van der Waals surface area contributed by atoms with E-state index in [1.807, 2.05) is 6.92 Å². The molecule has 0 saturated heterocycles. The van der Waals surface area contributed by atoms with Crippen LogP contribution in [-0.4, -0.2) is 19.9 Å². The summed E-state index contributed by atoms with van der Waals surface area (Å²) in [5.74, 6) is -0.284. The van der Waals surface area contributed by atoms with Gasteiger partial charge in [0.15, 0.2) is 0 Å².